The predicted octanol–water partition coefficient (Wildman–Crippen LogP) is 2.23. The van der Waals surface area contributed by atoms with Crippen LogP contribution in [0.2, 0.25) is 0 Å². The lowest BCUT2D eigenvalue weighted by Gasteiger charge is -2.36. The Bertz CT molecular complexity index is 722. The maximum absolute atomic E-state index is 12.6. The van der Waals surface area contributed by atoms with E-state index in [1.165, 1.54) is 30.3 Å². The van der Waals surface area contributed by atoms with E-state index in [1.807, 2.05) is 15.6 Å². The second kappa shape index (κ2) is 8.07. The van der Waals surface area contributed by atoms with Gasteiger partial charge in [-0.3, -0.25) is 4.79 Å². The van der Waals surface area contributed by atoms with E-state index in [2.05, 4.69) is 44.7 Å². The molecule has 4 rings (SSSR count). The van der Waals surface area contributed by atoms with E-state index in [9.17, 15) is 4.79 Å². The van der Waals surface area contributed by atoms with Crippen molar-refractivity contribution in [3.05, 3.63) is 30.3 Å². The Morgan fingerprint density at radius 2 is 1.81 bits per heavy atom. The van der Waals surface area contributed by atoms with E-state index in [0.717, 1.165) is 44.2 Å². The lowest BCUT2D eigenvalue weighted by molar-refractivity contribution is -0.128. The van der Waals surface area contributed by atoms with Crippen LogP contribution in [0.15, 0.2) is 35.5 Å². The van der Waals surface area contributed by atoms with Gasteiger partial charge in [-0.05, 0) is 35.4 Å². The van der Waals surface area contributed by atoms with Gasteiger partial charge in [0.25, 0.3) is 0 Å². The summed E-state index contributed by atoms with van der Waals surface area (Å²) in [6.07, 6.45) is 4.74. The summed E-state index contributed by atoms with van der Waals surface area (Å²) < 4.78 is 1.91. The van der Waals surface area contributed by atoms with Gasteiger partial charge in [-0.1, -0.05) is 42.8 Å². The number of hydrogen-bond donors (Lipinski definition) is 0. The number of carbonyl (C=O) groups excluding carboxylic acids is 1. The van der Waals surface area contributed by atoms with Crippen molar-refractivity contribution in [1.29, 1.82) is 0 Å². The quantitative estimate of drug-likeness (QED) is 0.750. The molecular formula is C18H24N6OS. The highest BCUT2D eigenvalue weighted by Gasteiger charge is 2.24. The van der Waals surface area contributed by atoms with Gasteiger partial charge in [0.1, 0.15) is 0 Å². The highest BCUT2D eigenvalue weighted by molar-refractivity contribution is 7.99. The minimum Gasteiger partial charge on any atom is -0.368 e. The number of amides is 1. The van der Waals surface area contributed by atoms with Crippen molar-refractivity contribution in [1.82, 2.24) is 25.1 Å². The van der Waals surface area contributed by atoms with Gasteiger partial charge in [0.15, 0.2) is 0 Å². The van der Waals surface area contributed by atoms with Crippen molar-refractivity contribution < 1.29 is 4.79 Å². The fraction of sp³-hybridized carbons (Fsp3) is 0.556. The first-order valence-electron chi connectivity index (χ1n) is 9.30. The summed E-state index contributed by atoms with van der Waals surface area (Å²) >= 11 is 1.46. The maximum atomic E-state index is 12.6. The molecule has 0 atom stereocenters. The molecule has 1 aliphatic heterocycles. The van der Waals surface area contributed by atoms with Gasteiger partial charge in [0.2, 0.25) is 11.1 Å². The highest BCUT2D eigenvalue weighted by atomic mass is 32.2. The van der Waals surface area contributed by atoms with Gasteiger partial charge in [-0.2, -0.15) is 0 Å². The van der Waals surface area contributed by atoms with E-state index >= 15 is 0 Å². The molecule has 2 heterocycles. The number of anilines is 1. The molecule has 0 bridgehead atoms. The monoisotopic (exact) mass is 372 g/mol. The largest absolute Gasteiger partial charge is 0.368 e. The molecule has 2 aromatic rings. The summed E-state index contributed by atoms with van der Waals surface area (Å²) in [4.78, 5) is 16.9. The van der Waals surface area contributed by atoms with E-state index in [4.69, 9.17) is 0 Å². The van der Waals surface area contributed by atoms with Crippen LogP contribution in [0.3, 0.4) is 0 Å². The Morgan fingerprint density at radius 1 is 1.08 bits per heavy atom. The first-order valence-corrected chi connectivity index (χ1v) is 10.3. The van der Waals surface area contributed by atoms with Crippen molar-refractivity contribution in [2.45, 2.75) is 36.9 Å². The van der Waals surface area contributed by atoms with Gasteiger partial charge >= 0.3 is 0 Å². The number of aromatic nitrogens is 4. The van der Waals surface area contributed by atoms with Crippen molar-refractivity contribution >= 4 is 23.4 Å². The molecule has 2 aliphatic rings. The SMILES string of the molecule is O=C(CSc1nnnn1C1CCCC1)N1CCN(c2ccccc2)CC1. The summed E-state index contributed by atoms with van der Waals surface area (Å²) in [6, 6.07) is 10.8. The Balaban J connectivity index is 1.28. The fourth-order valence-electron chi connectivity index (χ4n) is 3.73. The number of nitrogens with zero attached hydrogens (tertiary/aromatic N) is 6. The number of para-hydroxylation sites is 1. The van der Waals surface area contributed by atoms with Crippen LogP contribution in [0.1, 0.15) is 31.7 Å². The molecule has 0 unspecified atom stereocenters. The third-order valence-corrected chi connectivity index (χ3v) is 6.13. The topological polar surface area (TPSA) is 67.2 Å². The van der Waals surface area contributed by atoms with Crippen LogP contribution >= 0.6 is 11.8 Å². The Hall–Kier alpha value is -2.09. The molecule has 0 N–H and O–H groups in total. The van der Waals surface area contributed by atoms with Gasteiger partial charge < -0.3 is 9.80 Å². The van der Waals surface area contributed by atoms with Gasteiger partial charge in [-0.25, -0.2) is 4.68 Å². The molecular weight excluding hydrogens is 348 g/mol. The molecule has 0 spiro atoms. The van der Waals surface area contributed by atoms with Crippen molar-refractivity contribution in [2.24, 2.45) is 0 Å². The number of thioether (sulfide) groups is 1. The Morgan fingerprint density at radius 3 is 2.54 bits per heavy atom. The summed E-state index contributed by atoms with van der Waals surface area (Å²) in [6.45, 7) is 3.28. The van der Waals surface area contributed by atoms with Crippen molar-refractivity contribution in [3.63, 3.8) is 0 Å². The highest BCUT2D eigenvalue weighted by Crippen LogP contribution is 2.31. The minimum atomic E-state index is 0.170. The number of hydrogen-bond acceptors (Lipinski definition) is 6. The van der Waals surface area contributed by atoms with E-state index in [1.54, 1.807) is 0 Å². The zero-order valence-electron chi connectivity index (χ0n) is 14.8. The molecule has 1 saturated heterocycles. The van der Waals surface area contributed by atoms with Crippen LogP contribution in [-0.2, 0) is 4.79 Å². The fourth-order valence-corrected chi connectivity index (χ4v) is 4.58. The van der Waals surface area contributed by atoms with Crippen LogP contribution in [0.25, 0.3) is 0 Å². The maximum Gasteiger partial charge on any atom is 0.233 e. The lowest BCUT2D eigenvalue weighted by Crippen LogP contribution is -2.49. The number of tetrazole rings is 1. The first-order chi connectivity index (χ1) is 12.8. The average molecular weight is 372 g/mol. The molecule has 2 fully saturated rings. The van der Waals surface area contributed by atoms with Crippen LogP contribution in [0, 0.1) is 0 Å². The van der Waals surface area contributed by atoms with Crippen LogP contribution in [-0.4, -0.2) is 62.9 Å². The van der Waals surface area contributed by atoms with E-state index < -0.39 is 0 Å². The predicted molar refractivity (Wildman–Crippen MR) is 101 cm³/mol. The number of benzene rings is 1. The van der Waals surface area contributed by atoms with Crippen molar-refractivity contribution in [2.75, 3.05) is 36.8 Å². The van der Waals surface area contributed by atoms with Crippen LogP contribution in [0.4, 0.5) is 5.69 Å². The number of rotatable bonds is 5. The normalized spacial score (nSPS) is 18.5. The molecule has 1 aliphatic carbocycles. The van der Waals surface area contributed by atoms with Gasteiger partial charge in [-0.15, -0.1) is 5.10 Å². The Labute approximate surface area is 157 Å². The molecule has 1 aromatic carbocycles. The molecule has 0 radical (unpaired) electrons. The zero-order chi connectivity index (χ0) is 17.8. The number of piperazine rings is 1. The lowest BCUT2D eigenvalue weighted by atomic mass is 10.2. The first kappa shape index (κ1) is 17.3. The van der Waals surface area contributed by atoms with E-state index in [0.29, 0.717) is 11.8 Å². The molecule has 1 amide bonds. The standard InChI is InChI=1S/C18H24N6OS/c25-17(14-26-18-19-20-21-24(18)16-8-4-5-9-16)23-12-10-22(11-13-23)15-6-2-1-3-7-15/h1-3,6-7,16H,4-5,8-14H2. The minimum absolute atomic E-state index is 0.170. The second-order valence-electron chi connectivity index (χ2n) is 6.84. The van der Waals surface area contributed by atoms with E-state index in [-0.39, 0.29) is 5.91 Å². The smallest absolute Gasteiger partial charge is 0.233 e. The van der Waals surface area contributed by atoms with Crippen molar-refractivity contribution in [3.8, 4) is 0 Å². The van der Waals surface area contributed by atoms with Crippen LogP contribution < -0.4 is 4.90 Å². The molecule has 7 nitrogen and oxygen atoms in total. The third kappa shape index (κ3) is 3.85. The summed E-state index contributed by atoms with van der Waals surface area (Å²) in [7, 11) is 0. The zero-order valence-corrected chi connectivity index (χ0v) is 15.6. The molecule has 138 valence electrons. The Kier molecular flexibility index (Phi) is 5.38. The second-order valence-corrected chi connectivity index (χ2v) is 7.78. The molecule has 1 aromatic heterocycles. The molecule has 1 saturated carbocycles. The third-order valence-electron chi connectivity index (χ3n) is 5.21. The average Bonchev–Trinajstić information content (AvgIpc) is 3.38. The number of carbonyl (C=O) groups is 1. The summed E-state index contributed by atoms with van der Waals surface area (Å²) in [5, 5.41) is 12.8. The van der Waals surface area contributed by atoms with Crippen LogP contribution in [0.5, 0.6) is 0 Å². The summed E-state index contributed by atoms with van der Waals surface area (Å²) in [5.74, 6) is 0.571. The van der Waals surface area contributed by atoms with Gasteiger partial charge in [0.05, 0.1) is 11.8 Å². The van der Waals surface area contributed by atoms with Gasteiger partial charge in [0, 0.05) is 31.9 Å². The molecule has 8 heteroatoms. The molecule has 26 heavy (non-hydrogen) atoms. The summed E-state index contributed by atoms with van der Waals surface area (Å²) in [5.41, 5.74) is 1.23.